The van der Waals surface area contributed by atoms with Crippen molar-refractivity contribution in [1.29, 1.82) is 0 Å². The molecule has 106 valence electrons. The maximum atomic E-state index is 11.7. The highest BCUT2D eigenvalue weighted by Gasteiger charge is 2.28. The van der Waals surface area contributed by atoms with Gasteiger partial charge in [0.2, 0.25) is 0 Å². The summed E-state index contributed by atoms with van der Waals surface area (Å²) in [7, 11) is 0. The molecule has 6 nitrogen and oxygen atoms in total. The number of aromatic hydroxyl groups is 1. The number of nitro groups is 1. The summed E-state index contributed by atoms with van der Waals surface area (Å²) >= 11 is 0. The van der Waals surface area contributed by atoms with E-state index >= 15 is 0 Å². The quantitative estimate of drug-likeness (QED) is 0.396. The second-order valence-electron chi connectivity index (χ2n) is 4.80. The van der Waals surface area contributed by atoms with Gasteiger partial charge in [-0.05, 0) is 11.6 Å². The molecule has 0 amide bonds. The van der Waals surface area contributed by atoms with Crippen LogP contribution in [0.3, 0.4) is 0 Å². The van der Waals surface area contributed by atoms with Gasteiger partial charge in [-0.2, -0.15) is 0 Å². The zero-order valence-electron chi connectivity index (χ0n) is 10.9. The topological polar surface area (TPSA) is 89.7 Å². The van der Waals surface area contributed by atoms with Crippen LogP contribution in [0.1, 0.15) is 23.5 Å². The van der Waals surface area contributed by atoms with E-state index < -0.39 is 10.9 Å². The molecule has 6 heteroatoms. The van der Waals surface area contributed by atoms with Crippen LogP contribution in [0.4, 0.5) is 5.69 Å². The molecule has 0 saturated carbocycles. The van der Waals surface area contributed by atoms with Crippen LogP contribution in [0.5, 0.6) is 11.5 Å². The van der Waals surface area contributed by atoms with Gasteiger partial charge in [0.15, 0.2) is 0 Å². The molecule has 1 heterocycles. The minimum absolute atomic E-state index is 0.00284. The van der Waals surface area contributed by atoms with Gasteiger partial charge in [0.05, 0.1) is 11.3 Å². The van der Waals surface area contributed by atoms with Crippen molar-refractivity contribution in [3.8, 4) is 11.5 Å². The van der Waals surface area contributed by atoms with Crippen molar-refractivity contribution in [2.75, 3.05) is 0 Å². The summed E-state index contributed by atoms with van der Waals surface area (Å²) in [6.45, 7) is 0. The van der Waals surface area contributed by atoms with Gasteiger partial charge >= 0.3 is 5.97 Å². The van der Waals surface area contributed by atoms with Crippen LogP contribution in [0.25, 0.3) is 0 Å². The standard InChI is InChI=1S/C15H11NO5/c17-11-5-6-12-13(8-15(18)21-14(12)7-11)9-1-3-10(4-2-9)16(19)20/h1-7,13,17H,8H2. The van der Waals surface area contributed by atoms with Gasteiger partial charge in [0.1, 0.15) is 11.5 Å². The molecular formula is C15H11NO5. The van der Waals surface area contributed by atoms with Gasteiger partial charge in [-0.15, -0.1) is 0 Å². The maximum absolute atomic E-state index is 11.7. The fraction of sp³-hybridized carbons (Fsp3) is 0.133. The molecule has 3 rings (SSSR count). The number of carbonyl (C=O) groups excluding carboxylic acids is 1. The largest absolute Gasteiger partial charge is 0.508 e. The van der Waals surface area contributed by atoms with E-state index in [9.17, 15) is 20.0 Å². The SMILES string of the molecule is O=C1CC(c2ccc([N+](=O)[O-])cc2)c2ccc(O)cc2O1. The lowest BCUT2D eigenvalue weighted by molar-refractivity contribution is -0.384. The summed E-state index contributed by atoms with van der Waals surface area (Å²) in [5.74, 6) is -0.278. The van der Waals surface area contributed by atoms with Crippen LogP contribution in [0, 0.1) is 10.1 Å². The van der Waals surface area contributed by atoms with E-state index in [-0.39, 0.29) is 23.8 Å². The van der Waals surface area contributed by atoms with Crippen molar-refractivity contribution < 1.29 is 19.6 Å². The van der Waals surface area contributed by atoms with Crippen molar-refractivity contribution in [2.24, 2.45) is 0 Å². The Balaban J connectivity index is 2.03. The number of esters is 1. The number of non-ortho nitro benzene ring substituents is 1. The average Bonchev–Trinajstić information content (AvgIpc) is 2.46. The molecule has 1 atom stereocenters. The fourth-order valence-corrected chi connectivity index (χ4v) is 2.47. The van der Waals surface area contributed by atoms with E-state index in [1.807, 2.05) is 0 Å². The molecule has 0 spiro atoms. The molecule has 1 unspecified atom stereocenters. The molecule has 0 fully saturated rings. The second kappa shape index (κ2) is 4.90. The lowest BCUT2D eigenvalue weighted by atomic mass is 9.86. The molecule has 0 aromatic heterocycles. The van der Waals surface area contributed by atoms with Gasteiger partial charge in [-0.1, -0.05) is 18.2 Å². The first kappa shape index (κ1) is 13.1. The van der Waals surface area contributed by atoms with Crippen LogP contribution in [0.15, 0.2) is 42.5 Å². The number of ether oxygens (including phenoxy) is 1. The number of nitrogens with zero attached hydrogens (tertiary/aromatic N) is 1. The number of nitro benzene ring substituents is 1. The Morgan fingerprint density at radius 3 is 2.57 bits per heavy atom. The third kappa shape index (κ3) is 2.43. The molecule has 2 aromatic carbocycles. The summed E-state index contributed by atoms with van der Waals surface area (Å²) < 4.78 is 5.12. The summed E-state index contributed by atoms with van der Waals surface area (Å²) in [5, 5.41) is 20.1. The zero-order valence-corrected chi connectivity index (χ0v) is 10.9. The third-order valence-corrected chi connectivity index (χ3v) is 3.47. The molecule has 1 N–H and O–H groups in total. The van der Waals surface area contributed by atoms with Crippen molar-refractivity contribution in [2.45, 2.75) is 12.3 Å². The highest BCUT2D eigenvalue weighted by Crippen LogP contribution is 2.40. The molecule has 0 aliphatic carbocycles. The van der Waals surface area contributed by atoms with Crippen LogP contribution < -0.4 is 4.74 Å². The Bertz CT molecular complexity index is 723. The predicted octanol–water partition coefficient (Wildman–Crippen LogP) is 2.74. The van der Waals surface area contributed by atoms with Crippen molar-refractivity contribution in [1.82, 2.24) is 0 Å². The monoisotopic (exact) mass is 285 g/mol. The van der Waals surface area contributed by atoms with E-state index in [1.54, 1.807) is 18.2 Å². The molecule has 0 radical (unpaired) electrons. The van der Waals surface area contributed by atoms with Gasteiger partial charge < -0.3 is 9.84 Å². The second-order valence-corrected chi connectivity index (χ2v) is 4.80. The number of carbonyl (C=O) groups is 1. The van der Waals surface area contributed by atoms with E-state index in [2.05, 4.69) is 0 Å². The highest BCUT2D eigenvalue weighted by molar-refractivity contribution is 5.78. The van der Waals surface area contributed by atoms with Crippen LogP contribution in [0.2, 0.25) is 0 Å². The first-order valence-electron chi connectivity index (χ1n) is 6.32. The zero-order chi connectivity index (χ0) is 15.0. The van der Waals surface area contributed by atoms with Gasteiger partial charge in [0.25, 0.3) is 5.69 Å². The van der Waals surface area contributed by atoms with Crippen LogP contribution in [-0.2, 0) is 4.79 Å². The molecular weight excluding hydrogens is 274 g/mol. The van der Waals surface area contributed by atoms with E-state index in [4.69, 9.17) is 4.74 Å². The molecule has 1 aliphatic rings. The Morgan fingerprint density at radius 1 is 1.19 bits per heavy atom. The number of phenolic OH excluding ortho intramolecular Hbond substituents is 1. The third-order valence-electron chi connectivity index (χ3n) is 3.47. The Morgan fingerprint density at radius 2 is 1.90 bits per heavy atom. The number of phenols is 1. The molecule has 21 heavy (non-hydrogen) atoms. The van der Waals surface area contributed by atoms with E-state index in [0.717, 1.165) is 11.1 Å². The first-order valence-corrected chi connectivity index (χ1v) is 6.32. The fourth-order valence-electron chi connectivity index (χ4n) is 2.47. The molecule has 1 aliphatic heterocycles. The average molecular weight is 285 g/mol. The van der Waals surface area contributed by atoms with E-state index in [1.165, 1.54) is 24.3 Å². The normalized spacial score (nSPS) is 17.0. The number of rotatable bonds is 2. The van der Waals surface area contributed by atoms with Crippen LogP contribution in [-0.4, -0.2) is 16.0 Å². The van der Waals surface area contributed by atoms with Gasteiger partial charge in [-0.25, -0.2) is 0 Å². The Labute approximate surface area is 119 Å². The predicted molar refractivity (Wildman–Crippen MR) is 73.3 cm³/mol. The van der Waals surface area contributed by atoms with Crippen molar-refractivity contribution in [3.05, 3.63) is 63.7 Å². The minimum atomic E-state index is -0.467. The number of fused-ring (bicyclic) bond motifs is 1. The minimum Gasteiger partial charge on any atom is -0.508 e. The van der Waals surface area contributed by atoms with Crippen LogP contribution >= 0.6 is 0 Å². The Hall–Kier alpha value is -2.89. The van der Waals surface area contributed by atoms with Gasteiger partial charge in [0, 0.05) is 29.7 Å². The summed E-state index contributed by atoms with van der Waals surface area (Å²) in [5.41, 5.74) is 1.58. The smallest absolute Gasteiger partial charge is 0.312 e. The van der Waals surface area contributed by atoms with Crippen molar-refractivity contribution in [3.63, 3.8) is 0 Å². The molecule has 2 aromatic rings. The molecule has 0 bridgehead atoms. The lowest BCUT2D eigenvalue weighted by Gasteiger charge is -2.24. The highest BCUT2D eigenvalue weighted by atomic mass is 16.6. The summed E-state index contributed by atoms with van der Waals surface area (Å²) in [6, 6.07) is 10.7. The number of benzene rings is 2. The Kier molecular flexibility index (Phi) is 3.06. The number of hydrogen-bond acceptors (Lipinski definition) is 5. The van der Waals surface area contributed by atoms with Crippen molar-refractivity contribution >= 4 is 11.7 Å². The first-order chi connectivity index (χ1) is 10.0. The lowest BCUT2D eigenvalue weighted by Crippen LogP contribution is -2.20. The van der Waals surface area contributed by atoms with Gasteiger partial charge in [-0.3, -0.25) is 14.9 Å². The number of hydrogen-bond donors (Lipinski definition) is 1. The van der Waals surface area contributed by atoms with E-state index in [0.29, 0.717) is 5.75 Å². The summed E-state index contributed by atoms with van der Waals surface area (Å²) in [6.07, 6.45) is 0.162. The molecule has 0 saturated heterocycles. The maximum Gasteiger partial charge on any atom is 0.312 e. The summed E-state index contributed by atoms with van der Waals surface area (Å²) in [4.78, 5) is 21.9.